The Balaban J connectivity index is 2.54. The van der Waals surface area contributed by atoms with E-state index in [0.717, 1.165) is 0 Å². The monoisotopic (exact) mass is 135 g/mol. The molecular weight excluding hydrogens is 128 g/mol. The van der Waals surface area contributed by atoms with Crippen LogP contribution < -0.4 is 9.96 Å². The lowest BCUT2D eigenvalue weighted by molar-refractivity contribution is 1.70. The zero-order valence-electron chi connectivity index (χ0n) is 4.89. The molecule has 1 aromatic rings. The third kappa shape index (κ3) is 0.694. The van der Waals surface area contributed by atoms with Crippen molar-refractivity contribution in [2.45, 2.75) is 0 Å². The molecule has 0 aliphatic carbocycles. The summed E-state index contributed by atoms with van der Waals surface area (Å²) in [4.78, 5) is 6.54. The van der Waals surface area contributed by atoms with E-state index < -0.39 is 0 Å². The van der Waals surface area contributed by atoms with Crippen molar-refractivity contribution in [3.8, 4) is 0 Å². The summed E-state index contributed by atoms with van der Waals surface area (Å²) in [5.74, 6) is 0. The van der Waals surface area contributed by atoms with Crippen LogP contribution in [0.2, 0.25) is 0 Å². The molecule has 0 fully saturated rings. The van der Waals surface area contributed by atoms with Gasteiger partial charge < -0.3 is 9.96 Å². The maximum Gasteiger partial charge on any atom is 0.273 e. The molecule has 1 aromatic carbocycles. The number of anilines is 2. The van der Waals surface area contributed by atoms with Gasteiger partial charge in [0.15, 0.2) is 0 Å². The Morgan fingerprint density at radius 1 is 1.00 bits per heavy atom. The summed E-state index contributed by atoms with van der Waals surface area (Å²) in [6.45, 7) is 0. The lowest BCUT2D eigenvalue weighted by Crippen LogP contribution is -2.05. The van der Waals surface area contributed by atoms with Crippen molar-refractivity contribution in [2.24, 2.45) is 0 Å². The average Bonchev–Trinajstić information content (AvgIpc) is 2.33. The maximum absolute atomic E-state index is 3.27. The molecule has 0 spiro atoms. The van der Waals surface area contributed by atoms with E-state index in [4.69, 9.17) is 0 Å². The van der Waals surface area contributed by atoms with E-state index in [0.29, 0.717) is 0 Å². The second-order valence-electron chi connectivity index (χ2n) is 1.98. The van der Waals surface area contributed by atoms with Crippen LogP contribution >= 0.6 is 0 Å². The molecule has 0 saturated heterocycles. The van der Waals surface area contributed by atoms with Gasteiger partial charge in [-0.3, -0.25) is 0 Å². The van der Waals surface area contributed by atoms with Gasteiger partial charge in [-0.05, 0) is 12.1 Å². The van der Waals surface area contributed by atoms with Crippen LogP contribution in [-0.4, -0.2) is 9.84 Å². The van der Waals surface area contributed by atoms with Crippen LogP contribution in [0.25, 0.3) is 0 Å². The largest absolute Gasteiger partial charge is 0.395 e. The first-order valence-electron chi connectivity index (χ1n) is 2.90. The van der Waals surface area contributed by atoms with Crippen molar-refractivity contribution < 1.29 is 0 Å². The van der Waals surface area contributed by atoms with E-state index in [9.17, 15) is 0 Å². The molecule has 0 atom stereocenters. The molecule has 9 heavy (non-hydrogen) atoms. The lowest BCUT2D eigenvalue weighted by atomic mass is 10.3. The maximum atomic E-state index is 3.27. The van der Waals surface area contributed by atoms with Crippen LogP contribution in [0.4, 0.5) is 11.4 Å². The Labute approximate surface area is 56.3 Å². The molecule has 45 valence electrons. The van der Waals surface area contributed by atoms with Crippen LogP contribution in [0, 0.1) is 0 Å². The van der Waals surface area contributed by atoms with Gasteiger partial charge in [-0.1, -0.05) is 12.1 Å². The van der Waals surface area contributed by atoms with Gasteiger partial charge in [0.25, 0.3) is 9.84 Å². The summed E-state index contributed by atoms with van der Waals surface area (Å²) in [6, 6.07) is 8.25. The fourth-order valence-electron chi connectivity index (χ4n) is 0.926. The van der Waals surface area contributed by atoms with E-state index >= 15 is 0 Å². The second-order valence-corrected chi connectivity index (χ2v) is 2.84. The molecule has 1 aliphatic heterocycles. The Morgan fingerprint density at radius 3 is 2.11 bits per heavy atom. The number of hydrogen-bond acceptors (Lipinski definition) is 2. The molecular formula is C6H7N2Si. The Hall–Kier alpha value is -0.963. The number of fused-ring (bicyclic) bond motifs is 1. The first-order valence-corrected chi connectivity index (χ1v) is 4.06. The Bertz CT molecular complexity index is 201. The minimum Gasteiger partial charge on any atom is -0.395 e. The summed E-state index contributed by atoms with van der Waals surface area (Å²) in [5, 5.41) is 0. The summed E-state index contributed by atoms with van der Waals surface area (Å²) in [6.07, 6.45) is 0. The van der Waals surface area contributed by atoms with Gasteiger partial charge in [0.1, 0.15) is 0 Å². The van der Waals surface area contributed by atoms with E-state index in [1.807, 2.05) is 12.1 Å². The minimum absolute atomic E-state index is 0.218. The predicted molar refractivity (Wildman–Crippen MR) is 40.8 cm³/mol. The van der Waals surface area contributed by atoms with Crippen LogP contribution in [0.1, 0.15) is 0 Å². The number of benzene rings is 1. The van der Waals surface area contributed by atoms with Crippen molar-refractivity contribution >= 4 is 21.2 Å². The first-order chi connectivity index (χ1) is 4.47. The molecule has 1 aliphatic rings. The Morgan fingerprint density at radius 2 is 1.56 bits per heavy atom. The number of hydrogen-bond donors (Lipinski definition) is 2. The highest BCUT2D eigenvalue weighted by Crippen LogP contribution is 2.23. The zero-order chi connectivity index (χ0) is 6.10. The SMILES string of the molecule is c1ccc2c(c1)N[SiH]N2. The lowest BCUT2D eigenvalue weighted by Gasteiger charge is -1.94. The Kier molecular flexibility index (Phi) is 0.958. The number of para-hydroxylation sites is 2. The molecule has 1 heterocycles. The molecule has 0 amide bonds. The van der Waals surface area contributed by atoms with Crippen molar-refractivity contribution in [1.29, 1.82) is 0 Å². The molecule has 0 aromatic heterocycles. The summed E-state index contributed by atoms with van der Waals surface area (Å²) < 4.78 is 0. The van der Waals surface area contributed by atoms with Gasteiger partial charge >= 0.3 is 0 Å². The van der Waals surface area contributed by atoms with Gasteiger partial charge in [-0.25, -0.2) is 0 Å². The smallest absolute Gasteiger partial charge is 0.273 e. The second kappa shape index (κ2) is 1.77. The van der Waals surface area contributed by atoms with Crippen molar-refractivity contribution in [3.05, 3.63) is 24.3 Å². The average molecular weight is 135 g/mol. The summed E-state index contributed by atoms with van der Waals surface area (Å²) in [5.41, 5.74) is 2.49. The standard InChI is InChI=1S/C6H7N2Si/c1-2-4-6-5(3-1)7-9-8-6/h1-4,7-9H. The fourth-order valence-corrected chi connectivity index (χ4v) is 1.81. The number of nitrogens with one attached hydrogen (secondary N) is 2. The summed E-state index contributed by atoms with van der Waals surface area (Å²) >= 11 is 0. The molecule has 0 unspecified atom stereocenters. The molecule has 2 nitrogen and oxygen atoms in total. The molecule has 2 rings (SSSR count). The molecule has 0 saturated carbocycles. The highest BCUT2D eigenvalue weighted by atomic mass is 28.2. The van der Waals surface area contributed by atoms with Crippen molar-refractivity contribution in [1.82, 2.24) is 0 Å². The molecule has 0 bridgehead atoms. The van der Waals surface area contributed by atoms with Crippen LogP contribution in [0.5, 0.6) is 0 Å². The minimum atomic E-state index is 0.218. The predicted octanol–water partition coefficient (Wildman–Crippen LogP) is 0.790. The molecule has 2 N–H and O–H groups in total. The number of rotatable bonds is 0. The normalized spacial score (nSPS) is 13.8. The summed E-state index contributed by atoms with van der Waals surface area (Å²) in [7, 11) is 0.218. The first kappa shape index (κ1) is 4.87. The van der Waals surface area contributed by atoms with Gasteiger partial charge in [0.05, 0.1) is 0 Å². The van der Waals surface area contributed by atoms with Crippen molar-refractivity contribution in [2.75, 3.05) is 9.96 Å². The third-order valence-corrected chi connectivity index (χ3v) is 2.29. The van der Waals surface area contributed by atoms with Gasteiger partial charge in [-0.15, -0.1) is 0 Å². The topological polar surface area (TPSA) is 24.1 Å². The molecule has 1 radical (unpaired) electrons. The highest BCUT2D eigenvalue weighted by molar-refractivity contribution is 6.48. The van der Waals surface area contributed by atoms with E-state index in [-0.39, 0.29) is 9.84 Å². The highest BCUT2D eigenvalue weighted by Gasteiger charge is 2.05. The third-order valence-electron chi connectivity index (χ3n) is 1.38. The van der Waals surface area contributed by atoms with Crippen LogP contribution in [0.15, 0.2) is 24.3 Å². The van der Waals surface area contributed by atoms with E-state index in [2.05, 4.69) is 22.1 Å². The molecule has 3 heteroatoms. The zero-order valence-corrected chi connectivity index (χ0v) is 6.04. The van der Waals surface area contributed by atoms with E-state index in [1.165, 1.54) is 11.4 Å². The van der Waals surface area contributed by atoms with Crippen LogP contribution in [-0.2, 0) is 0 Å². The van der Waals surface area contributed by atoms with Crippen LogP contribution in [0.3, 0.4) is 0 Å². The quantitative estimate of drug-likeness (QED) is 0.514. The van der Waals surface area contributed by atoms with Gasteiger partial charge in [0, 0.05) is 11.4 Å². The van der Waals surface area contributed by atoms with Gasteiger partial charge in [0.2, 0.25) is 0 Å². The van der Waals surface area contributed by atoms with Gasteiger partial charge in [-0.2, -0.15) is 0 Å². The fraction of sp³-hybridized carbons (Fsp3) is 0. The van der Waals surface area contributed by atoms with Crippen molar-refractivity contribution in [3.63, 3.8) is 0 Å². The van der Waals surface area contributed by atoms with E-state index in [1.54, 1.807) is 0 Å².